The Bertz CT molecular complexity index is 249. The lowest BCUT2D eigenvalue weighted by Gasteiger charge is -2.19. The highest BCUT2D eigenvalue weighted by Gasteiger charge is 2.30. The van der Waals surface area contributed by atoms with Gasteiger partial charge in [0.2, 0.25) is 0 Å². The summed E-state index contributed by atoms with van der Waals surface area (Å²) in [5, 5.41) is 0. The highest BCUT2D eigenvalue weighted by molar-refractivity contribution is 7.48. The third-order valence-electron chi connectivity index (χ3n) is 2.74. The van der Waals surface area contributed by atoms with E-state index in [0.29, 0.717) is 13.2 Å². The minimum Gasteiger partial charge on any atom is -0.343 e. The van der Waals surface area contributed by atoms with Crippen LogP contribution >= 0.6 is 7.82 Å². The number of phosphoric acid groups is 1. The van der Waals surface area contributed by atoms with Crippen molar-refractivity contribution in [1.29, 1.82) is 0 Å². The Morgan fingerprint density at radius 3 is 1.73 bits per heavy atom. The summed E-state index contributed by atoms with van der Waals surface area (Å²) in [5.41, 5.74) is 3.81. The highest BCUT2D eigenvalue weighted by Crippen LogP contribution is 2.50. The number of unbranched alkanes of at least 4 members (excludes halogenated alkanes) is 3. The van der Waals surface area contributed by atoms with Crippen molar-refractivity contribution in [1.82, 2.24) is 0 Å². The van der Waals surface area contributed by atoms with Crippen LogP contribution < -0.4 is 5.73 Å². The van der Waals surface area contributed by atoms with Gasteiger partial charge in [-0.05, 0) is 19.3 Å². The molecule has 0 fully saturated rings. The van der Waals surface area contributed by atoms with Crippen molar-refractivity contribution in [2.24, 2.45) is 0 Å². The molecule has 0 aliphatic heterocycles. The summed E-state index contributed by atoms with van der Waals surface area (Å²) in [5.74, 6) is 0. The van der Waals surface area contributed by atoms with Gasteiger partial charge in [-0.3, -0.25) is 9.05 Å². The Labute approximate surface area is 137 Å². The zero-order valence-electron chi connectivity index (χ0n) is 15.1. The number of quaternary nitrogens is 1. The van der Waals surface area contributed by atoms with Gasteiger partial charge < -0.3 is 12.7 Å². The fourth-order valence-electron chi connectivity index (χ4n) is 1.30. The van der Waals surface area contributed by atoms with E-state index in [4.69, 9.17) is 13.6 Å². The van der Waals surface area contributed by atoms with E-state index in [1.54, 1.807) is 0 Å². The van der Waals surface area contributed by atoms with Crippen LogP contribution in [0.2, 0.25) is 0 Å². The van der Waals surface area contributed by atoms with Crippen LogP contribution in [0.1, 0.15) is 79.1 Å². The van der Waals surface area contributed by atoms with Gasteiger partial charge in [-0.15, -0.1) is 0 Å². The van der Waals surface area contributed by atoms with Crippen LogP contribution in [0, 0.1) is 6.92 Å². The van der Waals surface area contributed by atoms with Crippen molar-refractivity contribution < 1.29 is 23.9 Å². The Balaban J connectivity index is 0. The molecule has 0 aromatic rings. The topological polar surface area (TPSA) is 72.4 Å². The van der Waals surface area contributed by atoms with Crippen LogP contribution in [-0.4, -0.2) is 19.4 Å². The fraction of sp³-hybridized carbons (Fsp3) is 0.938. The Morgan fingerprint density at radius 1 is 0.955 bits per heavy atom. The third kappa shape index (κ3) is 16.4. The maximum absolute atomic E-state index is 12.3. The molecule has 0 amide bonds. The summed E-state index contributed by atoms with van der Waals surface area (Å²) >= 11 is 0. The summed E-state index contributed by atoms with van der Waals surface area (Å²) in [7, 11) is -3.43. The van der Waals surface area contributed by atoms with Crippen molar-refractivity contribution in [2.75, 3.05) is 13.2 Å². The first kappa shape index (κ1) is 24.3. The van der Waals surface area contributed by atoms with Gasteiger partial charge in [-0.25, -0.2) is 9.09 Å². The molecule has 0 heterocycles. The summed E-state index contributed by atoms with van der Waals surface area (Å²) < 4.78 is 28.3. The van der Waals surface area contributed by atoms with E-state index in [1.165, 1.54) is 6.42 Å². The molecule has 0 aromatic heterocycles. The molecule has 0 bridgehead atoms. The molecule has 1 atom stereocenters. The van der Waals surface area contributed by atoms with Gasteiger partial charge in [0.05, 0.1) is 13.2 Å². The van der Waals surface area contributed by atoms with Crippen molar-refractivity contribution >= 4 is 7.82 Å². The van der Waals surface area contributed by atoms with Crippen LogP contribution in [0.3, 0.4) is 0 Å². The summed E-state index contributed by atoms with van der Waals surface area (Å²) in [6.07, 6.45) is 7.27. The third-order valence-corrected chi connectivity index (χ3v) is 4.29. The SMILES string of the molecule is CCCCOP(=O)(OCCCC)OC([NH3+])CCC.[CH2-]CCC. The molecule has 3 N–H and O–H groups in total. The largest absolute Gasteiger partial charge is 0.479 e. The molecule has 6 heteroatoms. The first-order valence-corrected chi connectivity index (χ1v) is 10.1. The molecule has 22 heavy (non-hydrogen) atoms. The molecule has 0 rings (SSSR count). The number of hydrogen-bond donors (Lipinski definition) is 1. The van der Waals surface area contributed by atoms with E-state index in [2.05, 4.69) is 19.6 Å². The van der Waals surface area contributed by atoms with E-state index in [0.717, 1.165) is 44.9 Å². The van der Waals surface area contributed by atoms with E-state index >= 15 is 0 Å². The molecular formula is C16H38NO4P. The number of rotatable bonds is 13. The lowest BCUT2D eigenvalue weighted by Crippen LogP contribution is -2.61. The molecule has 1 unspecified atom stereocenters. The summed E-state index contributed by atoms with van der Waals surface area (Å²) in [6, 6.07) is 0. The zero-order chi connectivity index (χ0) is 17.3. The van der Waals surface area contributed by atoms with Crippen molar-refractivity contribution in [3.8, 4) is 0 Å². The van der Waals surface area contributed by atoms with E-state index in [1.807, 2.05) is 20.8 Å². The maximum atomic E-state index is 12.3. The molecule has 0 spiro atoms. The number of phosphoric ester groups is 1. The van der Waals surface area contributed by atoms with Gasteiger partial charge in [0.15, 0.2) is 6.23 Å². The molecule has 0 saturated carbocycles. The van der Waals surface area contributed by atoms with Crippen LogP contribution in [0.5, 0.6) is 0 Å². The first-order valence-electron chi connectivity index (χ1n) is 8.69. The van der Waals surface area contributed by atoms with Gasteiger partial charge in [-0.1, -0.05) is 47.0 Å². The Kier molecular flexibility index (Phi) is 19.3. The summed E-state index contributed by atoms with van der Waals surface area (Å²) in [6.45, 7) is 12.7. The van der Waals surface area contributed by atoms with Crippen molar-refractivity contribution in [3.63, 3.8) is 0 Å². The lowest BCUT2D eigenvalue weighted by atomic mass is 10.3. The Morgan fingerprint density at radius 2 is 1.41 bits per heavy atom. The number of hydrogen-bond acceptors (Lipinski definition) is 4. The molecule has 136 valence electrons. The van der Waals surface area contributed by atoms with Gasteiger partial charge in [0.25, 0.3) is 0 Å². The molecule has 0 saturated heterocycles. The fourth-order valence-corrected chi connectivity index (χ4v) is 2.67. The predicted molar refractivity (Wildman–Crippen MR) is 92.3 cm³/mol. The van der Waals surface area contributed by atoms with Gasteiger partial charge >= 0.3 is 7.82 Å². The second-order valence-corrected chi connectivity index (χ2v) is 6.81. The van der Waals surface area contributed by atoms with Gasteiger partial charge in [0.1, 0.15) is 0 Å². The summed E-state index contributed by atoms with van der Waals surface area (Å²) in [4.78, 5) is 0. The molecule has 0 aromatic carbocycles. The van der Waals surface area contributed by atoms with Crippen molar-refractivity contribution in [2.45, 2.75) is 85.3 Å². The minimum atomic E-state index is -3.43. The standard InChI is InChI=1S/C12H28NO4P.C4H9/c1-4-7-10-15-18(14,16-11-8-5-2)17-12(13)9-6-3;1-3-4-2/h12H,4-11,13H2,1-3H3;1,3-4H2,2H3/q;-1/p+1. The monoisotopic (exact) mass is 339 g/mol. The normalized spacial score (nSPS) is 12.6. The van der Waals surface area contributed by atoms with Crippen LogP contribution in [0.4, 0.5) is 0 Å². The molecule has 0 aliphatic rings. The quantitative estimate of drug-likeness (QED) is 0.228. The van der Waals surface area contributed by atoms with Crippen LogP contribution in [0.15, 0.2) is 0 Å². The average Bonchev–Trinajstić information content (AvgIpc) is 2.48. The smallest absolute Gasteiger partial charge is 0.343 e. The molecule has 0 aliphatic carbocycles. The van der Waals surface area contributed by atoms with Crippen LogP contribution in [0.25, 0.3) is 0 Å². The average molecular weight is 339 g/mol. The second kappa shape index (κ2) is 17.4. The van der Waals surface area contributed by atoms with E-state index < -0.39 is 7.82 Å². The first-order chi connectivity index (χ1) is 10.5. The van der Waals surface area contributed by atoms with E-state index in [9.17, 15) is 4.57 Å². The van der Waals surface area contributed by atoms with Crippen LogP contribution in [-0.2, 0) is 18.1 Å². The van der Waals surface area contributed by atoms with Gasteiger partial charge in [0, 0.05) is 6.42 Å². The minimum absolute atomic E-state index is 0.343. The van der Waals surface area contributed by atoms with Gasteiger partial charge in [-0.2, -0.15) is 6.42 Å². The van der Waals surface area contributed by atoms with Crippen molar-refractivity contribution in [3.05, 3.63) is 6.92 Å². The lowest BCUT2D eigenvalue weighted by molar-refractivity contribution is -0.476. The Hall–Kier alpha value is 0.0700. The highest BCUT2D eigenvalue weighted by atomic mass is 31.2. The van der Waals surface area contributed by atoms with E-state index in [-0.39, 0.29) is 6.23 Å². The molecule has 0 radical (unpaired) electrons. The molecule has 5 nitrogen and oxygen atoms in total. The predicted octanol–water partition coefficient (Wildman–Crippen LogP) is 4.73. The zero-order valence-corrected chi connectivity index (χ0v) is 16.0. The maximum Gasteiger partial charge on any atom is 0.479 e. The second-order valence-electron chi connectivity index (χ2n) is 5.19. The molecular weight excluding hydrogens is 301 g/mol.